The predicted molar refractivity (Wildman–Crippen MR) is 125 cm³/mol. The number of aryl methyl sites for hydroxylation is 1. The number of hydrogen-bond acceptors (Lipinski definition) is 4. The van der Waals surface area contributed by atoms with Gasteiger partial charge in [0.2, 0.25) is 0 Å². The average molecular weight is 393 g/mol. The van der Waals surface area contributed by atoms with E-state index in [1.165, 1.54) is 43.5 Å². The van der Waals surface area contributed by atoms with E-state index < -0.39 is 0 Å². The molecule has 0 aliphatic heterocycles. The van der Waals surface area contributed by atoms with Crippen LogP contribution in [0.1, 0.15) is 56.8 Å². The molecular formula is C25H36N4. The van der Waals surface area contributed by atoms with E-state index in [2.05, 4.69) is 47.8 Å². The van der Waals surface area contributed by atoms with Crippen molar-refractivity contribution in [1.29, 1.82) is 0 Å². The summed E-state index contributed by atoms with van der Waals surface area (Å²) in [6.07, 6.45) is 14.8. The van der Waals surface area contributed by atoms with Crippen molar-refractivity contribution in [2.75, 3.05) is 30.4 Å². The Kier molecular flexibility index (Phi) is 7.68. The van der Waals surface area contributed by atoms with E-state index in [9.17, 15) is 0 Å². The topological polar surface area (TPSA) is 41.0 Å². The van der Waals surface area contributed by atoms with Gasteiger partial charge < -0.3 is 10.2 Å². The first-order valence-electron chi connectivity index (χ1n) is 11.2. The summed E-state index contributed by atoms with van der Waals surface area (Å²) in [5.41, 5.74) is 6.89. The maximum Gasteiger partial charge on any atom is 0.0639 e. The fraction of sp³-hybridized carbons (Fsp3) is 0.520. The molecule has 2 aromatic rings. The van der Waals surface area contributed by atoms with E-state index in [1.807, 2.05) is 25.5 Å². The number of rotatable bonds is 9. The Bertz CT molecular complexity index is 808. The second-order valence-corrected chi connectivity index (χ2v) is 8.16. The minimum absolute atomic E-state index is 0.773. The molecule has 0 amide bonds. The molecule has 0 saturated heterocycles. The van der Waals surface area contributed by atoms with Crippen LogP contribution in [0, 0.1) is 12.8 Å². The lowest BCUT2D eigenvalue weighted by atomic mass is 9.85. The quantitative estimate of drug-likeness (QED) is 0.530. The number of aromatic nitrogens is 2. The lowest BCUT2D eigenvalue weighted by Gasteiger charge is -2.28. The fourth-order valence-electron chi connectivity index (χ4n) is 4.38. The monoisotopic (exact) mass is 392 g/mol. The van der Waals surface area contributed by atoms with E-state index >= 15 is 0 Å². The maximum absolute atomic E-state index is 5.01. The van der Waals surface area contributed by atoms with Gasteiger partial charge in [0.25, 0.3) is 0 Å². The van der Waals surface area contributed by atoms with Gasteiger partial charge in [-0.3, -0.25) is 9.97 Å². The SMILES string of the molecule is C=CCCN(CC)c1cc(-c2cc(NC)cnc2C)cnc1CC1CCCCC1. The highest BCUT2D eigenvalue weighted by Crippen LogP contribution is 2.33. The minimum Gasteiger partial charge on any atom is -0.387 e. The van der Waals surface area contributed by atoms with Gasteiger partial charge in [-0.2, -0.15) is 0 Å². The third-order valence-electron chi connectivity index (χ3n) is 6.17. The minimum atomic E-state index is 0.773. The number of pyridine rings is 2. The lowest BCUT2D eigenvalue weighted by Crippen LogP contribution is -2.26. The first-order chi connectivity index (χ1) is 14.2. The van der Waals surface area contributed by atoms with Crippen LogP contribution < -0.4 is 10.2 Å². The molecular weight excluding hydrogens is 356 g/mol. The van der Waals surface area contributed by atoms with Crippen molar-refractivity contribution in [2.24, 2.45) is 5.92 Å². The molecule has 1 saturated carbocycles. The summed E-state index contributed by atoms with van der Waals surface area (Å²) in [6, 6.07) is 4.51. The number of anilines is 2. The van der Waals surface area contributed by atoms with E-state index in [4.69, 9.17) is 4.98 Å². The van der Waals surface area contributed by atoms with Crippen molar-refractivity contribution in [3.05, 3.63) is 48.6 Å². The normalized spacial score (nSPS) is 14.6. The molecule has 0 atom stereocenters. The molecule has 2 aromatic heterocycles. The lowest BCUT2D eigenvalue weighted by molar-refractivity contribution is 0.354. The maximum atomic E-state index is 5.01. The Morgan fingerprint density at radius 1 is 1.17 bits per heavy atom. The third-order valence-corrected chi connectivity index (χ3v) is 6.17. The van der Waals surface area contributed by atoms with E-state index in [0.717, 1.165) is 54.4 Å². The zero-order valence-corrected chi connectivity index (χ0v) is 18.4. The Hall–Kier alpha value is -2.36. The largest absolute Gasteiger partial charge is 0.387 e. The first-order valence-corrected chi connectivity index (χ1v) is 11.2. The number of nitrogens with one attached hydrogen (secondary N) is 1. The van der Waals surface area contributed by atoms with Gasteiger partial charge in [0.1, 0.15) is 0 Å². The molecule has 1 fully saturated rings. The summed E-state index contributed by atoms with van der Waals surface area (Å²) in [5.74, 6) is 0.773. The van der Waals surface area contributed by atoms with Crippen LogP contribution in [0.4, 0.5) is 11.4 Å². The fourth-order valence-corrected chi connectivity index (χ4v) is 4.38. The molecule has 29 heavy (non-hydrogen) atoms. The van der Waals surface area contributed by atoms with E-state index in [-0.39, 0.29) is 0 Å². The van der Waals surface area contributed by atoms with Crippen LogP contribution in [-0.2, 0) is 6.42 Å². The second-order valence-electron chi connectivity index (χ2n) is 8.16. The first kappa shape index (κ1) is 21.4. The Labute approximate surface area is 176 Å². The van der Waals surface area contributed by atoms with Crippen LogP contribution >= 0.6 is 0 Å². The average Bonchev–Trinajstić information content (AvgIpc) is 2.76. The second kappa shape index (κ2) is 10.4. The molecule has 2 heterocycles. The molecule has 4 heteroatoms. The van der Waals surface area contributed by atoms with Crippen molar-refractivity contribution < 1.29 is 0 Å². The summed E-state index contributed by atoms with van der Waals surface area (Å²) >= 11 is 0. The number of nitrogens with zero attached hydrogens (tertiary/aromatic N) is 3. The molecule has 1 N–H and O–H groups in total. The zero-order valence-electron chi connectivity index (χ0n) is 18.4. The summed E-state index contributed by atoms with van der Waals surface area (Å²) in [4.78, 5) is 12.0. The van der Waals surface area contributed by atoms with Crippen LogP contribution in [-0.4, -0.2) is 30.1 Å². The van der Waals surface area contributed by atoms with Gasteiger partial charge in [0, 0.05) is 43.2 Å². The van der Waals surface area contributed by atoms with Gasteiger partial charge in [-0.05, 0) is 44.7 Å². The van der Waals surface area contributed by atoms with Gasteiger partial charge in [0.15, 0.2) is 0 Å². The van der Waals surface area contributed by atoms with Crippen molar-refractivity contribution >= 4 is 11.4 Å². The smallest absolute Gasteiger partial charge is 0.0639 e. The van der Waals surface area contributed by atoms with Gasteiger partial charge >= 0.3 is 0 Å². The Morgan fingerprint density at radius 3 is 2.66 bits per heavy atom. The molecule has 0 aromatic carbocycles. The van der Waals surface area contributed by atoms with Crippen LogP contribution in [0.3, 0.4) is 0 Å². The van der Waals surface area contributed by atoms with Crippen LogP contribution in [0.5, 0.6) is 0 Å². The van der Waals surface area contributed by atoms with Crippen molar-refractivity contribution in [1.82, 2.24) is 9.97 Å². The molecule has 1 aliphatic carbocycles. The van der Waals surface area contributed by atoms with Crippen LogP contribution in [0.25, 0.3) is 11.1 Å². The van der Waals surface area contributed by atoms with Crippen molar-refractivity contribution in [3.8, 4) is 11.1 Å². The number of hydrogen-bond donors (Lipinski definition) is 1. The van der Waals surface area contributed by atoms with Gasteiger partial charge in [-0.1, -0.05) is 38.2 Å². The highest BCUT2D eigenvalue weighted by Gasteiger charge is 2.20. The Morgan fingerprint density at radius 2 is 1.97 bits per heavy atom. The molecule has 4 nitrogen and oxygen atoms in total. The molecule has 0 radical (unpaired) electrons. The molecule has 0 bridgehead atoms. The van der Waals surface area contributed by atoms with Crippen LogP contribution in [0.15, 0.2) is 37.2 Å². The van der Waals surface area contributed by atoms with Crippen molar-refractivity contribution in [3.63, 3.8) is 0 Å². The standard InChI is InChI=1S/C25H36N4/c1-5-7-13-29(6-2)25-15-21(23-16-22(26-4)18-27-19(23)3)17-28-24(25)14-20-11-9-8-10-12-20/h5,15-18,20,26H,1,6-14H2,2-4H3. The summed E-state index contributed by atoms with van der Waals surface area (Å²) < 4.78 is 0. The van der Waals surface area contributed by atoms with E-state index in [1.54, 1.807) is 0 Å². The Balaban J connectivity index is 1.99. The summed E-state index contributed by atoms with van der Waals surface area (Å²) in [5, 5.41) is 3.20. The van der Waals surface area contributed by atoms with Crippen molar-refractivity contribution in [2.45, 2.75) is 58.8 Å². The molecule has 0 unspecified atom stereocenters. The predicted octanol–water partition coefficient (Wildman–Crippen LogP) is 6.02. The zero-order chi connectivity index (χ0) is 20.6. The van der Waals surface area contributed by atoms with Gasteiger partial charge in [-0.15, -0.1) is 6.58 Å². The highest BCUT2D eigenvalue weighted by atomic mass is 15.1. The van der Waals surface area contributed by atoms with Gasteiger partial charge in [-0.25, -0.2) is 0 Å². The molecule has 3 rings (SSSR count). The third kappa shape index (κ3) is 5.37. The molecule has 156 valence electrons. The van der Waals surface area contributed by atoms with E-state index in [0.29, 0.717) is 0 Å². The summed E-state index contributed by atoms with van der Waals surface area (Å²) in [6.45, 7) is 10.2. The van der Waals surface area contributed by atoms with Gasteiger partial charge in [0.05, 0.1) is 23.3 Å². The highest BCUT2D eigenvalue weighted by molar-refractivity contribution is 5.73. The molecule has 0 spiro atoms. The van der Waals surface area contributed by atoms with Crippen LogP contribution in [0.2, 0.25) is 0 Å². The summed E-state index contributed by atoms with van der Waals surface area (Å²) in [7, 11) is 1.93. The molecule has 1 aliphatic rings.